The second-order valence-corrected chi connectivity index (χ2v) is 7.22. The Morgan fingerprint density at radius 1 is 1.07 bits per heavy atom. The summed E-state index contributed by atoms with van der Waals surface area (Å²) in [6.07, 6.45) is 1.63. The maximum absolute atomic E-state index is 12.4. The number of oxazole rings is 1. The highest BCUT2D eigenvalue weighted by molar-refractivity contribution is 7.99. The molecule has 0 saturated heterocycles. The minimum absolute atomic E-state index is 0.116. The lowest BCUT2D eigenvalue weighted by Crippen LogP contribution is -2.15. The minimum atomic E-state index is -0.116. The number of nitrogens with one attached hydrogen (secondary N) is 1. The second kappa shape index (κ2) is 8.74. The highest BCUT2D eigenvalue weighted by Crippen LogP contribution is 2.26. The molecule has 0 radical (unpaired) electrons. The van der Waals surface area contributed by atoms with E-state index >= 15 is 0 Å². The largest absolute Gasteiger partial charge is 0.444 e. The number of anilines is 1. The van der Waals surface area contributed by atoms with Gasteiger partial charge in [0, 0.05) is 23.8 Å². The van der Waals surface area contributed by atoms with Gasteiger partial charge in [-0.2, -0.15) is 4.98 Å². The third kappa shape index (κ3) is 4.72. The molecule has 1 N–H and O–H groups in total. The Hall–Kier alpha value is -3.39. The summed E-state index contributed by atoms with van der Waals surface area (Å²) < 4.78 is 10.6. The van der Waals surface area contributed by atoms with Crippen LogP contribution in [0.1, 0.15) is 11.6 Å². The zero-order valence-corrected chi connectivity index (χ0v) is 16.5. The molecular formula is C21H18N4O3S. The van der Waals surface area contributed by atoms with E-state index in [0.29, 0.717) is 34.6 Å². The summed E-state index contributed by atoms with van der Waals surface area (Å²) in [6, 6.07) is 17.1. The van der Waals surface area contributed by atoms with Crippen molar-refractivity contribution in [2.75, 3.05) is 11.1 Å². The van der Waals surface area contributed by atoms with E-state index in [0.717, 1.165) is 11.3 Å². The van der Waals surface area contributed by atoms with E-state index in [-0.39, 0.29) is 11.7 Å². The first kappa shape index (κ1) is 18.9. The van der Waals surface area contributed by atoms with Crippen LogP contribution in [0.5, 0.6) is 0 Å². The van der Waals surface area contributed by atoms with Crippen molar-refractivity contribution in [3.8, 4) is 22.8 Å². The van der Waals surface area contributed by atoms with Crippen LogP contribution in [0, 0.1) is 6.92 Å². The summed E-state index contributed by atoms with van der Waals surface area (Å²) in [6.45, 7) is 1.72. The Balaban J connectivity index is 1.33. The number of benzene rings is 2. The summed E-state index contributed by atoms with van der Waals surface area (Å²) in [4.78, 5) is 21.1. The Bertz CT molecular complexity index is 1110. The van der Waals surface area contributed by atoms with Crippen molar-refractivity contribution in [2.24, 2.45) is 0 Å². The van der Waals surface area contributed by atoms with E-state index in [1.54, 1.807) is 13.2 Å². The van der Waals surface area contributed by atoms with Crippen LogP contribution in [-0.2, 0) is 10.5 Å². The highest BCUT2D eigenvalue weighted by Gasteiger charge is 2.13. The predicted octanol–water partition coefficient (Wildman–Crippen LogP) is 4.57. The molecule has 2 heterocycles. The lowest BCUT2D eigenvalue weighted by molar-refractivity contribution is -0.113. The van der Waals surface area contributed by atoms with Crippen LogP contribution in [0.2, 0.25) is 0 Å². The van der Waals surface area contributed by atoms with E-state index in [9.17, 15) is 4.79 Å². The molecule has 4 aromatic rings. The average Bonchev–Trinajstić information content (AvgIpc) is 3.38. The van der Waals surface area contributed by atoms with Gasteiger partial charge >= 0.3 is 0 Å². The van der Waals surface area contributed by atoms with Crippen molar-refractivity contribution in [3.05, 3.63) is 72.4 Å². The third-order valence-corrected chi connectivity index (χ3v) is 4.99. The van der Waals surface area contributed by atoms with E-state index in [1.807, 2.05) is 54.6 Å². The normalized spacial score (nSPS) is 10.8. The fourth-order valence-corrected chi connectivity index (χ4v) is 3.42. The smallest absolute Gasteiger partial charge is 0.234 e. The Morgan fingerprint density at radius 2 is 1.86 bits per heavy atom. The summed E-state index contributed by atoms with van der Waals surface area (Å²) in [5.41, 5.74) is 3.08. The van der Waals surface area contributed by atoms with Gasteiger partial charge in [-0.1, -0.05) is 35.5 Å². The number of aryl methyl sites for hydroxylation is 1. The fourth-order valence-electron chi connectivity index (χ4n) is 2.72. The molecule has 0 aliphatic rings. The topological polar surface area (TPSA) is 94.1 Å². The zero-order valence-electron chi connectivity index (χ0n) is 15.7. The van der Waals surface area contributed by atoms with Crippen molar-refractivity contribution in [1.29, 1.82) is 0 Å². The van der Waals surface area contributed by atoms with Gasteiger partial charge in [0.15, 0.2) is 0 Å². The van der Waals surface area contributed by atoms with Crippen molar-refractivity contribution in [2.45, 2.75) is 12.7 Å². The van der Waals surface area contributed by atoms with E-state index in [4.69, 9.17) is 8.94 Å². The van der Waals surface area contributed by atoms with E-state index < -0.39 is 0 Å². The molecule has 0 saturated carbocycles. The fraction of sp³-hybridized carbons (Fsp3) is 0.143. The summed E-state index contributed by atoms with van der Waals surface area (Å²) in [5, 5.41) is 6.83. The van der Waals surface area contributed by atoms with Gasteiger partial charge in [0.05, 0.1) is 17.1 Å². The third-order valence-electron chi connectivity index (χ3n) is 4.03. The SMILES string of the molecule is Cc1nc(-c2ccccc2NC(=O)CSCc2coc(-c3ccccc3)n2)no1. The zero-order chi connectivity index (χ0) is 20.1. The molecule has 0 fully saturated rings. The summed E-state index contributed by atoms with van der Waals surface area (Å²) in [7, 11) is 0. The first-order valence-corrected chi connectivity index (χ1v) is 10.1. The standard InChI is InChI=1S/C21H18N4O3S/c1-14-22-20(25-28-14)17-9-5-6-10-18(17)24-19(26)13-29-12-16-11-27-21(23-16)15-7-3-2-4-8-15/h2-11H,12-13H2,1H3,(H,24,26). The Kier molecular flexibility index (Phi) is 5.71. The molecule has 0 aliphatic carbocycles. The molecule has 0 atom stereocenters. The molecule has 2 aromatic heterocycles. The van der Waals surface area contributed by atoms with Gasteiger partial charge in [0.2, 0.25) is 23.5 Å². The number of rotatable bonds is 7. The number of para-hydroxylation sites is 1. The number of hydrogen-bond acceptors (Lipinski definition) is 7. The molecule has 1 amide bonds. The monoisotopic (exact) mass is 406 g/mol. The molecule has 0 unspecified atom stereocenters. The van der Waals surface area contributed by atoms with Gasteiger partial charge in [0.25, 0.3) is 0 Å². The molecule has 2 aromatic carbocycles. The van der Waals surface area contributed by atoms with E-state index in [1.165, 1.54) is 11.8 Å². The molecule has 0 spiro atoms. The number of hydrogen-bond donors (Lipinski definition) is 1. The number of thioether (sulfide) groups is 1. The molecule has 7 nitrogen and oxygen atoms in total. The number of amides is 1. The average molecular weight is 406 g/mol. The van der Waals surface area contributed by atoms with Gasteiger partial charge in [-0.05, 0) is 24.3 Å². The summed E-state index contributed by atoms with van der Waals surface area (Å²) in [5.74, 6) is 2.24. The second-order valence-electron chi connectivity index (χ2n) is 6.23. The minimum Gasteiger partial charge on any atom is -0.444 e. The van der Waals surface area contributed by atoms with E-state index in [2.05, 4.69) is 20.4 Å². The molecule has 8 heteroatoms. The van der Waals surface area contributed by atoms with Gasteiger partial charge in [-0.15, -0.1) is 11.8 Å². The van der Waals surface area contributed by atoms with Crippen molar-refractivity contribution < 1.29 is 13.7 Å². The highest BCUT2D eigenvalue weighted by atomic mass is 32.2. The predicted molar refractivity (Wildman–Crippen MR) is 111 cm³/mol. The van der Waals surface area contributed by atoms with Gasteiger partial charge in [-0.25, -0.2) is 4.98 Å². The van der Waals surface area contributed by atoms with Crippen molar-refractivity contribution >= 4 is 23.4 Å². The van der Waals surface area contributed by atoms with Crippen LogP contribution in [0.25, 0.3) is 22.8 Å². The first-order chi connectivity index (χ1) is 14.2. The number of carbonyl (C=O) groups excluding carboxylic acids is 1. The maximum Gasteiger partial charge on any atom is 0.234 e. The van der Waals surface area contributed by atoms with Crippen LogP contribution in [-0.4, -0.2) is 26.8 Å². The molecule has 146 valence electrons. The molecule has 0 aliphatic heterocycles. The molecule has 29 heavy (non-hydrogen) atoms. The van der Waals surface area contributed by atoms with Gasteiger partial charge < -0.3 is 14.3 Å². The van der Waals surface area contributed by atoms with Gasteiger partial charge in [-0.3, -0.25) is 4.79 Å². The maximum atomic E-state index is 12.4. The van der Waals surface area contributed by atoms with Crippen LogP contribution >= 0.6 is 11.8 Å². The first-order valence-electron chi connectivity index (χ1n) is 8.96. The Labute approximate surface area is 171 Å². The van der Waals surface area contributed by atoms with Crippen molar-refractivity contribution in [1.82, 2.24) is 15.1 Å². The summed E-state index contributed by atoms with van der Waals surface area (Å²) >= 11 is 1.46. The molecule has 0 bridgehead atoms. The quantitative estimate of drug-likeness (QED) is 0.480. The van der Waals surface area contributed by atoms with Gasteiger partial charge in [0.1, 0.15) is 6.26 Å². The molecule has 4 rings (SSSR count). The lowest BCUT2D eigenvalue weighted by Gasteiger charge is -2.08. The lowest BCUT2D eigenvalue weighted by atomic mass is 10.1. The number of aromatic nitrogens is 3. The van der Waals surface area contributed by atoms with Crippen molar-refractivity contribution in [3.63, 3.8) is 0 Å². The number of carbonyl (C=O) groups is 1. The number of nitrogens with zero attached hydrogens (tertiary/aromatic N) is 3. The molecular weight excluding hydrogens is 388 g/mol. The van der Waals surface area contributed by atoms with Crippen LogP contribution in [0.4, 0.5) is 5.69 Å². The van der Waals surface area contributed by atoms with Crippen LogP contribution in [0.15, 0.2) is 69.8 Å². The van der Waals surface area contributed by atoms with Crippen LogP contribution in [0.3, 0.4) is 0 Å². The van der Waals surface area contributed by atoms with Crippen LogP contribution < -0.4 is 5.32 Å². The Morgan fingerprint density at radius 3 is 2.66 bits per heavy atom.